The zero-order valence-corrected chi connectivity index (χ0v) is 8.96. The highest BCUT2D eigenvalue weighted by Crippen LogP contribution is 2.05. The van der Waals surface area contributed by atoms with Crippen LogP contribution in [0.25, 0.3) is 0 Å². The maximum atomic E-state index is 4.45. The van der Waals surface area contributed by atoms with Gasteiger partial charge in [0.15, 0.2) is 0 Å². The predicted molar refractivity (Wildman–Crippen MR) is 54.8 cm³/mol. The van der Waals surface area contributed by atoms with E-state index < -0.39 is 0 Å². The number of likely N-dealkylation sites (N-methyl/N-ethyl adjacent to an activating group) is 1. The molecule has 1 heterocycles. The van der Waals surface area contributed by atoms with E-state index in [2.05, 4.69) is 30.3 Å². The highest BCUT2D eigenvalue weighted by atomic mass is 15.3. The fourth-order valence-electron chi connectivity index (χ4n) is 1.42. The average Bonchev–Trinajstić information content (AvgIpc) is 2.46. The Balaban J connectivity index is 2.67. The molecule has 0 aliphatic heterocycles. The summed E-state index contributed by atoms with van der Waals surface area (Å²) in [5.41, 5.74) is 2.49. The predicted octanol–water partition coefficient (Wildman–Crippen LogP) is 1.13. The molecular weight excluding hydrogens is 162 g/mol. The van der Waals surface area contributed by atoms with Gasteiger partial charge in [0.2, 0.25) is 0 Å². The zero-order valence-electron chi connectivity index (χ0n) is 8.96. The second kappa shape index (κ2) is 4.42. The molecule has 1 aromatic heterocycles. The van der Waals surface area contributed by atoms with E-state index in [-0.39, 0.29) is 0 Å². The van der Waals surface area contributed by atoms with Gasteiger partial charge in [-0.3, -0.25) is 4.68 Å². The van der Waals surface area contributed by atoms with Gasteiger partial charge >= 0.3 is 0 Å². The van der Waals surface area contributed by atoms with Gasteiger partial charge in [0.1, 0.15) is 0 Å². The molecule has 0 aliphatic carbocycles. The van der Waals surface area contributed by atoms with Crippen LogP contribution in [0.2, 0.25) is 0 Å². The van der Waals surface area contributed by atoms with Gasteiger partial charge in [-0.25, -0.2) is 0 Å². The summed E-state index contributed by atoms with van der Waals surface area (Å²) >= 11 is 0. The van der Waals surface area contributed by atoms with Crippen molar-refractivity contribution in [3.63, 3.8) is 0 Å². The Morgan fingerprint density at radius 1 is 1.62 bits per heavy atom. The molecule has 0 radical (unpaired) electrons. The van der Waals surface area contributed by atoms with Crippen molar-refractivity contribution < 1.29 is 0 Å². The second-order valence-corrected chi connectivity index (χ2v) is 3.50. The van der Waals surface area contributed by atoms with E-state index in [9.17, 15) is 0 Å². The Kier molecular flexibility index (Phi) is 3.48. The third kappa shape index (κ3) is 2.56. The topological polar surface area (TPSA) is 29.9 Å². The first-order valence-electron chi connectivity index (χ1n) is 4.86. The van der Waals surface area contributed by atoms with Crippen molar-refractivity contribution in [3.8, 4) is 0 Å². The molecule has 0 saturated heterocycles. The molecule has 0 amide bonds. The first kappa shape index (κ1) is 10.3. The summed E-state index contributed by atoms with van der Waals surface area (Å²) in [7, 11) is 3.99. The number of hydrogen-bond acceptors (Lipinski definition) is 2. The maximum absolute atomic E-state index is 4.45. The van der Waals surface area contributed by atoms with Crippen molar-refractivity contribution in [2.75, 3.05) is 7.05 Å². The summed E-state index contributed by atoms with van der Waals surface area (Å²) in [4.78, 5) is 0. The van der Waals surface area contributed by atoms with Crippen molar-refractivity contribution in [3.05, 3.63) is 17.5 Å². The molecule has 0 saturated carbocycles. The van der Waals surface area contributed by atoms with Gasteiger partial charge in [-0.15, -0.1) is 0 Å². The van der Waals surface area contributed by atoms with Gasteiger partial charge < -0.3 is 5.32 Å². The molecule has 0 aliphatic rings. The molecule has 1 N–H and O–H groups in total. The molecule has 0 spiro atoms. The monoisotopic (exact) mass is 181 g/mol. The fourth-order valence-corrected chi connectivity index (χ4v) is 1.42. The van der Waals surface area contributed by atoms with Crippen LogP contribution in [0, 0.1) is 0 Å². The molecule has 3 nitrogen and oxygen atoms in total. The average molecular weight is 181 g/mol. The summed E-state index contributed by atoms with van der Waals surface area (Å²) in [6, 6.07) is 2.69. The maximum Gasteiger partial charge on any atom is 0.0642 e. The van der Waals surface area contributed by atoms with E-state index in [1.807, 2.05) is 18.8 Å². The van der Waals surface area contributed by atoms with Crippen LogP contribution in [0.5, 0.6) is 0 Å². The van der Waals surface area contributed by atoms with E-state index >= 15 is 0 Å². The highest BCUT2D eigenvalue weighted by molar-refractivity contribution is 5.11. The third-order valence-electron chi connectivity index (χ3n) is 2.40. The lowest BCUT2D eigenvalue weighted by Gasteiger charge is -2.06. The van der Waals surface area contributed by atoms with E-state index in [1.54, 1.807) is 0 Å². The standard InChI is InChI=1S/C10H19N3/c1-5-10-7-9(12-13(10)4)6-8(2)11-3/h7-8,11H,5-6H2,1-4H3. The fraction of sp³-hybridized carbons (Fsp3) is 0.700. The lowest BCUT2D eigenvalue weighted by molar-refractivity contribution is 0.591. The minimum atomic E-state index is 0.500. The van der Waals surface area contributed by atoms with Crippen LogP contribution in [-0.2, 0) is 19.9 Å². The Labute approximate surface area is 80.1 Å². The molecule has 1 unspecified atom stereocenters. The summed E-state index contributed by atoms with van der Waals surface area (Å²) in [6.07, 6.45) is 2.06. The van der Waals surface area contributed by atoms with Crippen molar-refractivity contribution in [2.24, 2.45) is 7.05 Å². The SMILES string of the molecule is CCc1cc(CC(C)NC)nn1C. The number of aromatic nitrogens is 2. The Bertz CT molecular complexity index is 265. The van der Waals surface area contributed by atoms with Crippen LogP contribution in [-0.4, -0.2) is 22.9 Å². The van der Waals surface area contributed by atoms with Crippen LogP contribution < -0.4 is 5.32 Å². The van der Waals surface area contributed by atoms with Crippen LogP contribution in [0.1, 0.15) is 25.2 Å². The lowest BCUT2D eigenvalue weighted by atomic mass is 10.2. The minimum Gasteiger partial charge on any atom is -0.317 e. The molecular formula is C10H19N3. The van der Waals surface area contributed by atoms with Crippen molar-refractivity contribution in [1.82, 2.24) is 15.1 Å². The van der Waals surface area contributed by atoms with Gasteiger partial charge in [-0.1, -0.05) is 6.92 Å². The van der Waals surface area contributed by atoms with Crippen LogP contribution in [0.4, 0.5) is 0 Å². The quantitative estimate of drug-likeness (QED) is 0.754. The Hall–Kier alpha value is -0.830. The summed E-state index contributed by atoms with van der Waals surface area (Å²) in [5, 5.41) is 7.66. The van der Waals surface area contributed by atoms with Gasteiger partial charge in [-0.2, -0.15) is 5.10 Å². The van der Waals surface area contributed by atoms with Crippen LogP contribution >= 0.6 is 0 Å². The molecule has 0 bridgehead atoms. The molecule has 3 heteroatoms. The number of hydrogen-bond donors (Lipinski definition) is 1. The molecule has 74 valence electrons. The second-order valence-electron chi connectivity index (χ2n) is 3.50. The Morgan fingerprint density at radius 3 is 2.77 bits per heavy atom. The third-order valence-corrected chi connectivity index (χ3v) is 2.40. The van der Waals surface area contributed by atoms with Crippen molar-refractivity contribution in [1.29, 1.82) is 0 Å². The minimum absolute atomic E-state index is 0.500. The highest BCUT2D eigenvalue weighted by Gasteiger charge is 2.06. The number of aryl methyl sites for hydroxylation is 2. The van der Waals surface area contributed by atoms with E-state index in [1.165, 1.54) is 11.4 Å². The number of nitrogens with zero attached hydrogens (tertiary/aromatic N) is 2. The van der Waals surface area contributed by atoms with Gasteiger partial charge in [0.05, 0.1) is 5.69 Å². The molecule has 0 aromatic carbocycles. The molecule has 1 atom stereocenters. The Morgan fingerprint density at radius 2 is 2.31 bits per heavy atom. The number of rotatable bonds is 4. The van der Waals surface area contributed by atoms with Gasteiger partial charge in [0, 0.05) is 25.2 Å². The smallest absolute Gasteiger partial charge is 0.0642 e. The molecule has 1 rings (SSSR count). The van der Waals surface area contributed by atoms with Crippen LogP contribution in [0.15, 0.2) is 6.07 Å². The zero-order chi connectivity index (χ0) is 9.84. The molecule has 0 fully saturated rings. The van der Waals surface area contributed by atoms with Crippen molar-refractivity contribution >= 4 is 0 Å². The summed E-state index contributed by atoms with van der Waals surface area (Å²) in [6.45, 7) is 4.32. The van der Waals surface area contributed by atoms with Crippen molar-refractivity contribution in [2.45, 2.75) is 32.7 Å². The van der Waals surface area contributed by atoms with E-state index in [0.29, 0.717) is 6.04 Å². The normalized spacial score (nSPS) is 13.2. The van der Waals surface area contributed by atoms with Crippen LogP contribution in [0.3, 0.4) is 0 Å². The van der Waals surface area contributed by atoms with Gasteiger partial charge in [-0.05, 0) is 26.5 Å². The first-order valence-corrected chi connectivity index (χ1v) is 4.86. The summed E-state index contributed by atoms with van der Waals surface area (Å²) < 4.78 is 1.97. The largest absolute Gasteiger partial charge is 0.317 e. The molecule has 1 aromatic rings. The summed E-state index contributed by atoms with van der Waals surface area (Å²) in [5.74, 6) is 0. The van der Waals surface area contributed by atoms with Gasteiger partial charge in [0.25, 0.3) is 0 Å². The number of nitrogens with one attached hydrogen (secondary N) is 1. The van der Waals surface area contributed by atoms with E-state index in [0.717, 1.165) is 12.8 Å². The first-order chi connectivity index (χ1) is 6.17. The van der Waals surface area contributed by atoms with E-state index in [4.69, 9.17) is 0 Å². The molecule has 13 heavy (non-hydrogen) atoms. The lowest BCUT2D eigenvalue weighted by Crippen LogP contribution is -2.23.